The molecule has 0 aliphatic carbocycles. The summed E-state index contributed by atoms with van der Waals surface area (Å²) in [5.41, 5.74) is 9.07. The second kappa shape index (κ2) is 5.83. The molecule has 2 rings (SSSR count). The van der Waals surface area contributed by atoms with Crippen LogP contribution in [-0.2, 0) is 5.75 Å². The van der Waals surface area contributed by atoms with Crippen LogP contribution in [0.4, 0.5) is 5.69 Å². The van der Waals surface area contributed by atoms with Crippen LogP contribution in [0.3, 0.4) is 0 Å². The molecule has 0 atom stereocenters. The van der Waals surface area contributed by atoms with Crippen molar-refractivity contribution in [2.45, 2.75) is 17.6 Å². The maximum absolute atomic E-state index is 5.89. The van der Waals surface area contributed by atoms with Gasteiger partial charge in [0.2, 0.25) is 0 Å². The van der Waals surface area contributed by atoms with E-state index in [0.29, 0.717) is 5.69 Å². The third-order valence-corrected chi connectivity index (χ3v) is 3.80. The maximum Gasteiger partial charge on any atom is 0.141 e. The van der Waals surface area contributed by atoms with E-state index in [4.69, 9.17) is 10.5 Å². The van der Waals surface area contributed by atoms with Crippen molar-refractivity contribution in [1.82, 2.24) is 0 Å². The normalized spacial score (nSPS) is 10.3. The summed E-state index contributed by atoms with van der Waals surface area (Å²) in [6.45, 7) is 2.10. The van der Waals surface area contributed by atoms with Crippen molar-refractivity contribution in [2.75, 3.05) is 12.8 Å². The molecule has 3 heteroatoms. The van der Waals surface area contributed by atoms with E-state index in [1.54, 1.807) is 7.11 Å². The maximum atomic E-state index is 5.89. The molecular weight excluding hydrogens is 242 g/mol. The summed E-state index contributed by atoms with van der Waals surface area (Å²) in [5.74, 6) is 1.65. The van der Waals surface area contributed by atoms with Crippen LogP contribution < -0.4 is 10.5 Å². The van der Waals surface area contributed by atoms with E-state index >= 15 is 0 Å². The molecule has 2 aromatic rings. The van der Waals surface area contributed by atoms with Crippen LogP contribution in [0, 0.1) is 6.92 Å². The van der Waals surface area contributed by atoms with Gasteiger partial charge < -0.3 is 10.5 Å². The monoisotopic (exact) mass is 259 g/mol. The van der Waals surface area contributed by atoms with E-state index in [-0.39, 0.29) is 0 Å². The number of hydrogen-bond donors (Lipinski definition) is 1. The molecule has 2 nitrogen and oxygen atoms in total. The predicted molar refractivity (Wildman–Crippen MR) is 78.1 cm³/mol. The van der Waals surface area contributed by atoms with E-state index < -0.39 is 0 Å². The highest BCUT2D eigenvalue weighted by molar-refractivity contribution is 7.98. The first-order chi connectivity index (χ1) is 8.69. The molecule has 0 saturated heterocycles. The van der Waals surface area contributed by atoms with Gasteiger partial charge in [0, 0.05) is 10.6 Å². The van der Waals surface area contributed by atoms with Crippen molar-refractivity contribution >= 4 is 17.4 Å². The van der Waals surface area contributed by atoms with Crippen molar-refractivity contribution in [3.05, 3.63) is 53.6 Å². The third kappa shape index (κ3) is 3.20. The number of ether oxygens (including phenoxy) is 1. The van der Waals surface area contributed by atoms with E-state index in [1.807, 2.05) is 23.9 Å². The molecule has 0 fully saturated rings. The average Bonchev–Trinajstić information content (AvgIpc) is 2.38. The zero-order valence-corrected chi connectivity index (χ0v) is 11.5. The van der Waals surface area contributed by atoms with Crippen molar-refractivity contribution in [1.29, 1.82) is 0 Å². The minimum Gasteiger partial charge on any atom is -0.495 e. The molecule has 0 amide bonds. The van der Waals surface area contributed by atoms with Gasteiger partial charge in [-0.3, -0.25) is 0 Å². The first-order valence-electron chi connectivity index (χ1n) is 5.81. The van der Waals surface area contributed by atoms with E-state index in [9.17, 15) is 0 Å². The first kappa shape index (κ1) is 12.8. The summed E-state index contributed by atoms with van der Waals surface area (Å²) in [5, 5.41) is 0. The minimum atomic E-state index is 0.694. The Balaban J connectivity index is 2.02. The SMILES string of the molecule is COc1ccc(CSc2ccc(C)cc2)cc1N. The Morgan fingerprint density at radius 3 is 2.44 bits per heavy atom. The standard InChI is InChI=1S/C15H17NOS/c1-11-3-6-13(7-4-11)18-10-12-5-8-15(17-2)14(16)9-12/h3-9H,10,16H2,1-2H3. The predicted octanol–water partition coefficient (Wildman–Crippen LogP) is 3.88. The van der Waals surface area contributed by atoms with E-state index in [0.717, 1.165) is 11.5 Å². The average molecular weight is 259 g/mol. The zero-order valence-electron chi connectivity index (χ0n) is 10.6. The van der Waals surface area contributed by atoms with Gasteiger partial charge in [0.05, 0.1) is 12.8 Å². The molecule has 2 N–H and O–H groups in total. The molecule has 2 aromatic carbocycles. The Morgan fingerprint density at radius 1 is 1.11 bits per heavy atom. The number of thioether (sulfide) groups is 1. The summed E-state index contributed by atoms with van der Waals surface area (Å²) in [4.78, 5) is 1.27. The van der Waals surface area contributed by atoms with Crippen molar-refractivity contribution < 1.29 is 4.74 Å². The summed E-state index contributed by atoms with van der Waals surface area (Å²) < 4.78 is 5.14. The lowest BCUT2D eigenvalue weighted by molar-refractivity contribution is 0.417. The number of benzene rings is 2. The lowest BCUT2D eigenvalue weighted by Crippen LogP contribution is -1.93. The Morgan fingerprint density at radius 2 is 1.83 bits per heavy atom. The molecule has 0 radical (unpaired) electrons. The van der Waals surface area contributed by atoms with Crippen molar-refractivity contribution in [3.8, 4) is 5.75 Å². The molecule has 18 heavy (non-hydrogen) atoms. The largest absolute Gasteiger partial charge is 0.495 e. The summed E-state index contributed by atoms with van der Waals surface area (Å²) >= 11 is 1.81. The fourth-order valence-corrected chi connectivity index (χ4v) is 2.52. The van der Waals surface area contributed by atoms with Gasteiger partial charge in [-0.15, -0.1) is 11.8 Å². The van der Waals surface area contributed by atoms with Crippen LogP contribution in [0.5, 0.6) is 5.75 Å². The van der Waals surface area contributed by atoms with Gasteiger partial charge in [0.15, 0.2) is 0 Å². The lowest BCUT2D eigenvalue weighted by Gasteiger charge is -2.07. The highest BCUT2D eigenvalue weighted by Crippen LogP contribution is 2.27. The summed E-state index contributed by atoms with van der Waals surface area (Å²) in [7, 11) is 1.63. The first-order valence-corrected chi connectivity index (χ1v) is 6.79. The Bertz CT molecular complexity index is 523. The summed E-state index contributed by atoms with van der Waals surface area (Å²) in [6.07, 6.45) is 0. The van der Waals surface area contributed by atoms with Crippen LogP contribution in [0.15, 0.2) is 47.4 Å². The highest BCUT2D eigenvalue weighted by Gasteiger charge is 2.01. The molecule has 0 heterocycles. The molecule has 0 unspecified atom stereocenters. The molecule has 0 saturated carbocycles. The number of rotatable bonds is 4. The number of nitrogens with two attached hydrogens (primary N) is 1. The quantitative estimate of drug-likeness (QED) is 0.668. The molecule has 0 aliphatic rings. The van der Waals surface area contributed by atoms with Gasteiger partial charge in [-0.05, 0) is 36.8 Å². The summed E-state index contributed by atoms with van der Waals surface area (Å²) in [6, 6.07) is 14.5. The van der Waals surface area contributed by atoms with Gasteiger partial charge in [-0.2, -0.15) is 0 Å². The van der Waals surface area contributed by atoms with E-state index in [1.165, 1.54) is 16.0 Å². The fraction of sp³-hybridized carbons (Fsp3) is 0.200. The highest BCUT2D eigenvalue weighted by atomic mass is 32.2. The van der Waals surface area contributed by atoms with Crippen LogP contribution in [0.25, 0.3) is 0 Å². The van der Waals surface area contributed by atoms with Crippen LogP contribution in [0.2, 0.25) is 0 Å². The van der Waals surface area contributed by atoms with Gasteiger partial charge in [-0.25, -0.2) is 0 Å². The van der Waals surface area contributed by atoms with Gasteiger partial charge >= 0.3 is 0 Å². The molecular formula is C15H17NOS. The molecule has 0 aliphatic heterocycles. The van der Waals surface area contributed by atoms with Gasteiger partial charge in [0.25, 0.3) is 0 Å². The number of nitrogen functional groups attached to an aromatic ring is 1. The lowest BCUT2D eigenvalue weighted by atomic mass is 10.2. The third-order valence-electron chi connectivity index (χ3n) is 2.72. The minimum absolute atomic E-state index is 0.694. The molecule has 0 aromatic heterocycles. The van der Waals surface area contributed by atoms with Gasteiger partial charge in [-0.1, -0.05) is 23.8 Å². The van der Waals surface area contributed by atoms with Crippen molar-refractivity contribution in [3.63, 3.8) is 0 Å². The van der Waals surface area contributed by atoms with Crippen LogP contribution >= 0.6 is 11.8 Å². The second-order valence-electron chi connectivity index (χ2n) is 4.18. The Kier molecular flexibility index (Phi) is 4.15. The number of hydrogen-bond acceptors (Lipinski definition) is 3. The zero-order chi connectivity index (χ0) is 13.0. The number of aryl methyl sites for hydroxylation is 1. The fourth-order valence-electron chi connectivity index (χ4n) is 1.67. The Labute approximate surface area is 112 Å². The Hall–Kier alpha value is -1.61. The van der Waals surface area contributed by atoms with Gasteiger partial charge in [0.1, 0.15) is 5.75 Å². The molecule has 0 bridgehead atoms. The molecule has 94 valence electrons. The van der Waals surface area contributed by atoms with Crippen molar-refractivity contribution in [2.24, 2.45) is 0 Å². The number of anilines is 1. The topological polar surface area (TPSA) is 35.2 Å². The second-order valence-corrected chi connectivity index (χ2v) is 5.23. The van der Waals surface area contributed by atoms with E-state index in [2.05, 4.69) is 37.3 Å². The number of methoxy groups -OCH3 is 1. The molecule has 0 spiro atoms. The smallest absolute Gasteiger partial charge is 0.141 e. The van der Waals surface area contributed by atoms with Crippen LogP contribution in [0.1, 0.15) is 11.1 Å². The van der Waals surface area contributed by atoms with Crippen LogP contribution in [-0.4, -0.2) is 7.11 Å².